The Morgan fingerprint density at radius 3 is 2.36 bits per heavy atom. The minimum Gasteiger partial charge on any atom is -0.388 e. The van der Waals surface area contributed by atoms with E-state index in [-0.39, 0.29) is 24.2 Å². The van der Waals surface area contributed by atoms with Crippen molar-refractivity contribution in [3.63, 3.8) is 0 Å². The van der Waals surface area contributed by atoms with E-state index in [1.807, 2.05) is 61.6 Å². The SMILES string of the molecule is CNc1ccc(C2CC(=O)N(Cc3ccccc3)C2=O)cc1. The second-order valence-corrected chi connectivity index (χ2v) is 5.43. The van der Waals surface area contributed by atoms with E-state index in [1.165, 1.54) is 4.90 Å². The fourth-order valence-corrected chi connectivity index (χ4v) is 2.76. The molecule has 2 amide bonds. The first-order chi connectivity index (χ1) is 10.7. The molecule has 112 valence electrons. The monoisotopic (exact) mass is 294 g/mol. The lowest BCUT2D eigenvalue weighted by Gasteiger charge is -2.15. The third kappa shape index (κ3) is 2.72. The van der Waals surface area contributed by atoms with Gasteiger partial charge in [-0.1, -0.05) is 42.5 Å². The zero-order chi connectivity index (χ0) is 15.5. The Kier molecular flexibility index (Phi) is 3.92. The van der Waals surface area contributed by atoms with Gasteiger partial charge in [-0.3, -0.25) is 14.5 Å². The van der Waals surface area contributed by atoms with Gasteiger partial charge in [-0.15, -0.1) is 0 Å². The zero-order valence-electron chi connectivity index (χ0n) is 12.5. The fraction of sp³-hybridized carbons (Fsp3) is 0.222. The maximum atomic E-state index is 12.6. The Hall–Kier alpha value is -2.62. The number of likely N-dealkylation sites (tertiary alicyclic amines) is 1. The summed E-state index contributed by atoms with van der Waals surface area (Å²) >= 11 is 0. The van der Waals surface area contributed by atoms with Gasteiger partial charge in [-0.05, 0) is 23.3 Å². The van der Waals surface area contributed by atoms with Crippen molar-refractivity contribution in [2.45, 2.75) is 18.9 Å². The van der Waals surface area contributed by atoms with Crippen LogP contribution in [0.3, 0.4) is 0 Å². The van der Waals surface area contributed by atoms with Crippen LogP contribution >= 0.6 is 0 Å². The zero-order valence-corrected chi connectivity index (χ0v) is 12.5. The summed E-state index contributed by atoms with van der Waals surface area (Å²) in [5, 5.41) is 3.04. The van der Waals surface area contributed by atoms with Gasteiger partial charge in [0.2, 0.25) is 11.8 Å². The summed E-state index contributed by atoms with van der Waals surface area (Å²) in [5.74, 6) is -0.565. The van der Waals surface area contributed by atoms with E-state index in [9.17, 15) is 9.59 Å². The molecule has 22 heavy (non-hydrogen) atoms. The molecule has 0 saturated carbocycles. The van der Waals surface area contributed by atoms with E-state index in [2.05, 4.69) is 5.32 Å². The molecule has 2 aromatic carbocycles. The molecule has 0 bridgehead atoms. The highest BCUT2D eigenvalue weighted by Crippen LogP contribution is 2.31. The molecule has 1 saturated heterocycles. The van der Waals surface area contributed by atoms with E-state index in [0.29, 0.717) is 6.54 Å². The first kappa shape index (κ1) is 14.3. The van der Waals surface area contributed by atoms with Gasteiger partial charge in [0.1, 0.15) is 0 Å². The largest absolute Gasteiger partial charge is 0.388 e. The van der Waals surface area contributed by atoms with Crippen LogP contribution in [0.1, 0.15) is 23.5 Å². The standard InChI is InChI=1S/C18H18N2O2/c1-19-15-9-7-14(8-10-15)16-11-17(21)20(18(16)22)12-13-5-3-2-4-6-13/h2-10,16,19H,11-12H2,1H3. The van der Waals surface area contributed by atoms with Crippen molar-refractivity contribution < 1.29 is 9.59 Å². The van der Waals surface area contributed by atoms with Crippen molar-refractivity contribution >= 4 is 17.5 Å². The molecule has 0 radical (unpaired) electrons. The van der Waals surface area contributed by atoms with Crippen LogP contribution in [0.2, 0.25) is 0 Å². The summed E-state index contributed by atoms with van der Waals surface area (Å²) in [4.78, 5) is 26.1. The lowest BCUT2D eigenvalue weighted by atomic mass is 9.97. The van der Waals surface area contributed by atoms with Crippen molar-refractivity contribution in [1.29, 1.82) is 0 Å². The average Bonchev–Trinajstić information content (AvgIpc) is 2.84. The summed E-state index contributed by atoms with van der Waals surface area (Å²) in [6, 6.07) is 17.3. The highest BCUT2D eigenvalue weighted by atomic mass is 16.2. The van der Waals surface area contributed by atoms with Gasteiger partial charge in [0, 0.05) is 19.2 Å². The Labute approximate surface area is 129 Å². The van der Waals surface area contributed by atoms with Crippen molar-refractivity contribution in [3.05, 3.63) is 65.7 Å². The minimum absolute atomic E-state index is 0.100. The number of carbonyl (C=O) groups excluding carboxylic acids is 2. The van der Waals surface area contributed by atoms with Crippen molar-refractivity contribution in [1.82, 2.24) is 4.90 Å². The fourth-order valence-electron chi connectivity index (χ4n) is 2.76. The minimum atomic E-state index is -0.359. The lowest BCUT2D eigenvalue weighted by molar-refractivity contribution is -0.139. The normalized spacial score (nSPS) is 17.9. The molecule has 1 N–H and O–H groups in total. The van der Waals surface area contributed by atoms with Crippen molar-refractivity contribution in [2.24, 2.45) is 0 Å². The average molecular weight is 294 g/mol. The van der Waals surface area contributed by atoms with Crippen LogP contribution in [-0.4, -0.2) is 23.8 Å². The predicted octanol–water partition coefficient (Wildman–Crippen LogP) is 2.77. The topological polar surface area (TPSA) is 49.4 Å². The van der Waals surface area contributed by atoms with Crippen LogP contribution < -0.4 is 5.32 Å². The number of imide groups is 1. The van der Waals surface area contributed by atoms with Crippen LogP contribution in [0, 0.1) is 0 Å². The molecule has 2 aromatic rings. The van der Waals surface area contributed by atoms with E-state index in [4.69, 9.17) is 0 Å². The van der Waals surface area contributed by atoms with Gasteiger partial charge in [-0.2, -0.15) is 0 Å². The van der Waals surface area contributed by atoms with E-state index in [1.54, 1.807) is 0 Å². The molecule has 1 aliphatic heterocycles. The van der Waals surface area contributed by atoms with Crippen molar-refractivity contribution in [3.8, 4) is 0 Å². The van der Waals surface area contributed by atoms with Gasteiger partial charge >= 0.3 is 0 Å². The summed E-state index contributed by atoms with van der Waals surface area (Å²) in [5.41, 5.74) is 2.85. The molecule has 1 aliphatic rings. The molecule has 4 heteroatoms. The first-order valence-electron chi connectivity index (χ1n) is 7.35. The number of carbonyl (C=O) groups is 2. The van der Waals surface area contributed by atoms with E-state index in [0.717, 1.165) is 16.8 Å². The number of nitrogens with one attached hydrogen (secondary N) is 1. The number of anilines is 1. The van der Waals surface area contributed by atoms with E-state index >= 15 is 0 Å². The molecule has 1 unspecified atom stereocenters. The van der Waals surface area contributed by atoms with Crippen LogP contribution in [0.15, 0.2) is 54.6 Å². The highest BCUT2D eigenvalue weighted by molar-refractivity contribution is 6.06. The molecular formula is C18H18N2O2. The van der Waals surface area contributed by atoms with Gasteiger partial charge in [0.05, 0.1) is 12.5 Å². The molecule has 0 aromatic heterocycles. The maximum absolute atomic E-state index is 12.6. The molecule has 1 atom stereocenters. The lowest BCUT2D eigenvalue weighted by Crippen LogP contribution is -2.29. The number of rotatable bonds is 4. The smallest absolute Gasteiger partial charge is 0.237 e. The molecule has 0 aliphatic carbocycles. The van der Waals surface area contributed by atoms with Crippen LogP contribution in [0.25, 0.3) is 0 Å². The van der Waals surface area contributed by atoms with Gasteiger partial charge in [-0.25, -0.2) is 0 Å². The summed E-state index contributed by atoms with van der Waals surface area (Å²) < 4.78 is 0. The Bertz CT molecular complexity index is 680. The molecule has 1 heterocycles. The second kappa shape index (κ2) is 6.02. The van der Waals surface area contributed by atoms with Crippen LogP contribution in [-0.2, 0) is 16.1 Å². The maximum Gasteiger partial charge on any atom is 0.237 e. The summed E-state index contributed by atoms with van der Waals surface area (Å²) in [7, 11) is 1.85. The number of hydrogen-bond donors (Lipinski definition) is 1. The first-order valence-corrected chi connectivity index (χ1v) is 7.35. The summed E-state index contributed by atoms with van der Waals surface area (Å²) in [6.45, 7) is 0.351. The number of benzene rings is 2. The van der Waals surface area contributed by atoms with E-state index < -0.39 is 0 Å². The molecule has 1 fully saturated rings. The molecular weight excluding hydrogens is 276 g/mol. The molecule has 0 spiro atoms. The second-order valence-electron chi connectivity index (χ2n) is 5.43. The van der Waals surface area contributed by atoms with Crippen LogP contribution in [0.4, 0.5) is 5.69 Å². The van der Waals surface area contributed by atoms with Gasteiger partial charge in [0.15, 0.2) is 0 Å². The quantitative estimate of drug-likeness (QED) is 0.882. The number of amides is 2. The third-order valence-corrected chi connectivity index (χ3v) is 4.03. The Balaban J connectivity index is 1.78. The molecule has 4 nitrogen and oxygen atoms in total. The Morgan fingerprint density at radius 1 is 1.05 bits per heavy atom. The van der Waals surface area contributed by atoms with Crippen molar-refractivity contribution in [2.75, 3.05) is 12.4 Å². The number of nitrogens with zero attached hydrogens (tertiary/aromatic N) is 1. The molecule has 3 rings (SSSR count). The van der Waals surface area contributed by atoms with Gasteiger partial charge in [0.25, 0.3) is 0 Å². The van der Waals surface area contributed by atoms with Gasteiger partial charge < -0.3 is 5.32 Å². The predicted molar refractivity (Wildman–Crippen MR) is 85.3 cm³/mol. The highest BCUT2D eigenvalue weighted by Gasteiger charge is 2.39. The summed E-state index contributed by atoms with van der Waals surface area (Å²) in [6.07, 6.45) is 0.255. The Morgan fingerprint density at radius 2 is 1.73 bits per heavy atom. The number of hydrogen-bond acceptors (Lipinski definition) is 3. The third-order valence-electron chi connectivity index (χ3n) is 4.03. The van der Waals surface area contributed by atoms with Crippen LogP contribution in [0.5, 0.6) is 0 Å².